The number of nitrogens with zero attached hydrogens (tertiary/aromatic N) is 2. The molecule has 1 aromatic heterocycles. The Labute approximate surface area is 112 Å². The zero-order chi connectivity index (χ0) is 14.6. The summed E-state index contributed by atoms with van der Waals surface area (Å²) in [5.74, 6) is -0.131. The fraction of sp³-hybridized carbons (Fsp3) is 0.600. The Balaban J connectivity index is 2.84. The third-order valence-electron chi connectivity index (χ3n) is 2.62. The summed E-state index contributed by atoms with van der Waals surface area (Å²) in [4.78, 5) is 11.3. The first-order valence-electron chi connectivity index (χ1n) is 5.89. The van der Waals surface area contributed by atoms with E-state index >= 15 is 0 Å². The molecule has 0 spiro atoms. The molecule has 0 aliphatic heterocycles. The Morgan fingerprint density at radius 2 is 2.11 bits per heavy atom. The number of aromatic nitrogens is 2. The van der Waals surface area contributed by atoms with Crippen molar-refractivity contribution in [3.8, 4) is 0 Å². The number of hydrogen-bond acceptors (Lipinski definition) is 5. The number of nitrogen functional groups attached to an aromatic ring is 1. The van der Waals surface area contributed by atoms with Crippen LogP contribution in [0.1, 0.15) is 25.5 Å². The molecule has 0 atom stereocenters. The van der Waals surface area contributed by atoms with Crippen molar-refractivity contribution in [1.82, 2.24) is 19.8 Å². The van der Waals surface area contributed by atoms with E-state index in [-0.39, 0.29) is 10.7 Å². The Hall–Kier alpha value is -1.77. The number of aryl methyl sites for hydroxylation is 1. The second kappa shape index (κ2) is 5.91. The Kier molecular flexibility index (Phi) is 4.76. The molecule has 0 fully saturated rings. The first kappa shape index (κ1) is 15.3. The maximum absolute atomic E-state index is 12.0. The van der Waals surface area contributed by atoms with Crippen LogP contribution in [0.4, 0.5) is 10.6 Å². The van der Waals surface area contributed by atoms with Crippen molar-refractivity contribution >= 4 is 21.9 Å². The van der Waals surface area contributed by atoms with E-state index in [1.165, 1.54) is 4.68 Å². The third-order valence-corrected chi connectivity index (χ3v) is 4.11. The van der Waals surface area contributed by atoms with Crippen LogP contribution in [0.2, 0.25) is 0 Å². The molecule has 19 heavy (non-hydrogen) atoms. The molecule has 0 bridgehead atoms. The third kappa shape index (κ3) is 3.60. The number of nitrogens with two attached hydrogens (primary N) is 1. The number of rotatable bonds is 5. The van der Waals surface area contributed by atoms with Crippen LogP contribution in [-0.4, -0.2) is 30.8 Å². The Morgan fingerprint density at radius 3 is 2.58 bits per heavy atom. The highest BCUT2D eigenvalue weighted by Gasteiger charge is 2.26. The monoisotopic (exact) mass is 289 g/mol. The van der Waals surface area contributed by atoms with Crippen LogP contribution in [0.5, 0.6) is 0 Å². The van der Waals surface area contributed by atoms with Crippen LogP contribution < -0.4 is 15.8 Å². The smallest absolute Gasteiger partial charge is 0.328 e. The summed E-state index contributed by atoms with van der Waals surface area (Å²) in [6.45, 7) is 3.95. The van der Waals surface area contributed by atoms with Crippen molar-refractivity contribution in [2.45, 2.75) is 31.6 Å². The summed E-state index contributed by atoms with van der Waals surface area (Å²) in [6, 6.07) is -0.767. The van der Waals surface area contributed by atoms with Crippen LogP contribution in [0.3, 0.4) is 0 Å². The Bertz CT molecular complexity index is 564. The summed E-state index contributed by atoms with van der Waals surface area (Å²) < 4.78 is 27.3. The number of urea groups is 1. The molecular weight excluding hydrogens is 270 g/mol. The van der Waals surface area contributed by atoms with Crippen LogP contribution in [0.25, 0.3) is 0 Å². The van der Waals surface area contributed by atoms with Crippen molar-refractivity contribution in [1.29, 1.82) is 0 Å². The molecule has 4 N–H and O–H groups in total. The van der Waals surface area contributed by atoms with E-state index in [9.17, 15) is 13.2 Å². The molecule has 0 saturated heterocycles. The van der Waals surface area contributed by atoms with E-state index in [0.29, 0.717) is 12.2 Å². The first-order valence-corrected chi connectivity index (χ1v) is 7.37. The lowest BCUT2D eigenvalue weighted by Crippen LogP contribution is -2.40. The predicted octanol–water partition coefficient (Wildman–Crippen LogP) is 0.0987. The van der Waals surface area contributed by atoms with Gasteiger partial charge in [0.2, 0.25) is 0 Å². The number of carbonyl (C=O) groups excluding carboxylic acids is 1. The van der Waals surface area contributed by atoms with Crippen LogP contribution >= 0.6 is 0 Å². The van der Waals surface area contributed by atoms with Crippen LogP contribution in [0.15, 0.2) is 4.90 Å². The molecule has 1 rings (SSSR count). The second-order valence-electron chi connectivity index (χ2n) is 4.14. The van der Waals surface area contributed by atoms with Crippen molar-refractivity contribution in [2.75, 3.05) is 12.3 Å². The molecule has 0 aliphatic carbocycles. The van der Waals surface area contributed by atoms with Crippen molar-refractivity contribution < 1.29 is 13.2 Å². The predicted molar refractivity (Wildman–Crippen MR) is 71.0 cm³/mol. The zero-order valence-electron chi connectivity index (χ0n) is 11.2. The Morgan fingerprint density at radius 1 is 1.47 bits per heavy atom. The van der Waals surface area contributed by atoms with Crippen LogP contribution in [-0.2, 0) is 17.1 Å². The van der Waals surface area contributed by atoms with E-state index in [4.69, 9.17) is 5.73 Å². The van der Waals surface area contributed by atoms with Gasteiger partial charge in [-0.15, -0.1) is 0 Å². The normalized spacial score (nSPS) is 11.3. The number of hydrogen-bond donors (Lipinski definition) is 3. The van der Waals surface area contributed by atoms with E-state index < -0.39 is 16.1 Å². The van der Waals surface area contributed by atoms with E-state index in [2.05, 4.69) is 10.4 Å². The van der Waals surface area contributed by atoms with E-state index in [1.807, 2.05) is 11.6 Å². The van der Waals surface area contributed by atoms with Gasteiger partial charge in [0.1, 0.15) is 0 Å². The lowest BCUT2D eigenvalue weighted by Gasteiger charge is -2.08. The maximum atomic E-state index is 12.0. The van der Waals surface area contributed by atoms with Gasteiger partial charge in [0.25, 0.3) is 10.0 Å². The summed E-state index contributed by atoms with van der Waals surface area (Å²) in [5.41, 5.74) is 5.91. The summed E-state index contributed by atoms with van der Waals surface area (Å²) in [6.07, 6.45) is 1.68. The standard InChI is InChI=1S/C10H19N5O3S/c1-4-5-6-12-10(16)14-19(17,18)8-7(2)15(3)13-9(8)11/h4-6H2,1-3H3,(H2,11,13)(H2,12,14,16). The minimum Gasteiger partial charge on any atom is -0.381 e. The quantitative estimate of drug-likeness (QED) is 0.664. The minimum atomic E-state index is -4.01. The van der Waals surface area contributed by atoms with Gasteiger partial charge in [-0.05, 0) is 13.3 Å². The number of unbranched alkanes of at least 4 members (excludes halogenated alkanes) is 1. The molecule has 8 nitrogen and oxygen atoms in total. The van der Waals surface area contributed by atoms with E-state index in [1.54, 1.807) is 14.0 Å². The van der Waals surface area contributed by atoms with Gasteiger partial charge < -0.3 is 11.1 Å². The summed E-state index contributed by atoms with van der Waals surface area (Å²) in [7, 11) is -2.43. The first-order chi connectivity index (χ1) is 8.79. The van der Waals surface area contributed by atoms with Gasteiger partial charge in [-0.1, -0.05) is 13.3 Å². The van der Waals surface area contributed by atoms with Crippen molar-refractivity contribution in [2.24, 2.45) is 7.05 Å². The van der Waals surface area contributed by atoms with Crippen molar-refractivity contribution in [3.63, 3.8) is 0 Å². The van der Waals surface area contributed by atoms with Gasteiger partial charge in [-0.3, -0.25) is 4.68 Å². The fourth-order valence-corrected chi connectivity index (χ4v) is 2.79. The van der Waals surface area contributed by atoms with Gasteiger partial charge >= 0.3 is 6.03 Å². The SMILES string of the molecule is CCCCNC(=O)NS(=O)(=O)c1c(N)nn(C)c1C. The van der Waals surface area contributed by atoms with Gasteiger partial charge in [-0.25, -0.2) is 17.9 Å². The number of nitrogens with one attached hydrogen (secondary N) is 2. The number of anilines is 1. The molecule has 1 aromatic rings. The molecule has 1 heterocycles. The number of carbonyl (C=O) groups is 1. The number of amides is 2. The van der Waals surface area contributed by atoms with Crippen molar-refractivity contribution in [3.05, 3.63) is 5.69 Å². The molecular formula is C10H19N5O3S. The molecule has 0 aliphatic rings. The van der Waals surface area contributed by atoms with Gasteiger partial charge in [-0.2, -0.15) is 5.10 Å². The molecule has 2 amide bonds. The lowest BCUT2D eigenvalue weighted by molar-refractivity contribution is 0.245. The molecule has 0 radical (unpaired) electrons. The van der Waals surface area contributed by atoms with Crippen LogP contribution in [0, 0.1) is 6.92 Å². The van der Waals surface area contributed by atoms with Gasteiger partial charge in [0.15, 0.2) is 10.7 Å². The van der Waals surface area contributed by atoms with Gasteiger partial charge in [0, 0.05) is 13.6 Å². The summed E-state index contributed by atoms with van der Waals surface area (Å²) >= 11 is 0. The zero-order valence-corrected chi connectivity index (χ0v) is 12.0. The molecule has 108 valence electrons. The number of sulfonamides is 1. The molecule has 0 aromatic carbocycles. The minimum absolute atomic E-state index is 0.131. The molecule has 0 saturated carbocycles. The average molecular weight is 289 g/mol. The second-order valence-corrected chi connectivity index (χ2v) is 5.76. The molecule has 9 heteroatoms. The highest BCUT2D eigenvalue weighted by Crippen LogP contribution is 2.20. The maximum Gasteiger partial charge on any atom is 0.328 e. The van der Waals surface area contributed by atoms with E-state index in [0.717, 1.165) is 12.8 Å². The molecule has 0 unspecified atom stereocenters. The highest BCUT2D eigenvalue weighted by atomic mass is 32.2. The lowest BCUT2D eigenvalue weighted by atomic mass is 10.3. The highest BCUT2D eigenvalue weighted by molar-refractivity contribution is 7.90. The largest absolute Gasteiger partial charge is 0.381 e. The van der Waals surface area contributed by atoms with Gasteiger partial charge in [0.05, 0.1) is 5.69 Å². The topological polar surface area (TPSA) is 119 Å². The average Bonchev–Trinajstić information content (AvgIpc) is 2.52. The summed E-state index contributed by atoms with van der Waals surface area (Å²) in [5, 5.41) is 6.26. The fourth-order valence-electron chi connectivity index (χ4n) is 1.53.